The van der Waals surface area contributed by atoms with Gasteiger partial charge in [-0.3, -0.25) is 20.2 Å². The minimum absolute atomic E-state index is 0.0188. The van der Waals surface area contributed by atoms with Crippen molar-refractivity contribution in [3.8, 4) is 11.8 Å². The third-order valence-corrected chi connectivity index (χ3v) is 4.14. The molecule has 1 aromatic carbocycles. The van der Waals surface area contributed by atoms with Crippen LogP contribution in [0.25, 0.3) is 0 Å². The van der Waals surface area contributed by atoms with Crippen molar-refractivity contribution < 1.29 is 24.1 Å². The fourth-order valence-corrected chi connectivity index (χ4v) is 2.73. The van der Waals surface area contributed by atoms with E-state index < -0.39 is 21.2 Å². The third kappa shape index (κ3) is 5.08. The standard InChI is InChI=1S/C16H18N8O7/c1-29-13-10(7-11(23(25)26)8-12(13)24(27)28)9-17-21-14-18-15(20-16(19-14)30-2)22-3-5-31-6-4-22/h7-9H,3-6H2,1-2H3,(H,18,19,20,21)/b17-9-. The molecule has 2 heterocycles. The van der Waals surface area contributed by atoms with E-state index in [2.05, 4.69) is 25.5 Å². The highest BCUT2D eigenvalue weighted by molar-refractivity contribution is 5.87. The molecule has 31 heavy (non-hydrogen) atoms. The average molecular weight is 434 g/mol. The lowest BCUT2D eigenvalue weighted by atomic mass is 10.1. The predicted molar refractivity (Wildman–Crippen MR) is 107 cm³/mol. The number of morpholine rings is 1. The molecule has 1 N–H and O–H groups in total. The number of hydrazone groups is 1. The summed E-state index contributed by atoms with van der Waals surface area (Å²) in [5.74, 6) is 0.225. The van der Waals surface area contributed by atoms with Crippen LogP contribution < -0.4 is 19.8 Å². The monoisotopic (exact) mass is 434 g/mol. The Morgan fingerprint density at radius 2 is 1.87 bits per heavy atom. The van der Waals surface area contributed by atoms with Gasteiger partial charge in [0.25, 0.3) is 11.6 Å². The SMILES string of the molecule is COc1nc(N/N=C\c2cc([N+](=O)[O-])cc([N+](=O)[O-])c2OC)nc(N2CCOCC2)n1. The number of nitro benzene ring substituents is 2. The van der Waals surface area contributed by atoms with Crippen LogP contribution in [-0.2, 0) is 4.74 Å². The quantitative estimate of drug-likeness (QED) is 0.354. The van der Waals surface area contributed by atoms with E-state index >= 15 is 0 Å². The molecule has 2 aromatic rings. The number of nitro groups is 2. The highest BCUT2D eigenvalue weighted by Gasteiger charge is 2.24. The Balaban J connectivity index is 1.89. The van der Waals surface area contributed by atoms with Gasteiger partial charge in [-0.1, -0.05) is 0 Å². The van der Waals surface area contributed by atoms with Gasteiger partial charge in [-0.2, -0.15) is 20.1 Å². The Labute approximate surface area is 175 Å². The second-order valence-corrected chi connectivity index (χ2v) is 6.02. The lowest BCUT2D eigenvalue weighted by Crippen LogP contribution is -2.37. The second kappa shape index (κ2) is 9.57. The van der Waals surface area contributed by atoms with Crippen molar-refractivity contribution in [1.29, 1.82) is 0 Å². The van der Waals surface area contributed by atoms with Crippen molar-refractivity contribution in [2.75, 3.05) is 50.8 Å². The van der Waals surface area contributed by atoms with Crippen molar-refractivity contribution in [2.45, 2.75) is 0 Å². The molecule has 0 amide bonds. The number of hydrogen-bond donors (Lipinski definition) is 1. The molecule has 0 spiro atoms. The number of non-ortho nitro benzene ring substituents is 1. The molecule has 0 aliphatic carbocycles. The summed E-state index contributed by atoms with van der Waals surface area (Å²) in [6, 6.07) is 1.97. The van der Waals surface area contributed by atoms with Crippen LogP contribution in [0, 0.1) is 20.2 Å². The van der Waals surface area contributed by atoms with Crippen LogP contribution in [0.15, 0.2) is 17.2 Å². The number of methoxy groups -OCH3 is 2. The van der Waals surface area contributed by atoms with Crippen molar-refractivity contribution in [1.82, 2.24) is 15.0 Å². The van der Waals surface area contributed by atoms with E-state index in [0.717, 1.165) is 18.3 Å². The molecule has 1 aliphatic heterocycles. The summed E-state index contributed by atoms with van der Waals surface area (Å²) in [5.41, 5.74) is 1.55. The molecule has 164 valence electrons. The van der Waals surface area contributed by atoms with Gasteiger partial charge in [-0.05, 0) is 0 Å². The van der Waals surface area contributed by atoms with Gasteiger partial charge in [0.2, 0.25) is 11.7 Å². The Morgan fingerprint density at radius 1 is 1.13 bits per heavy atom. The summed E-state index contributed by atoms with van der Waals surface area (Å²) < 4.78 is 15.4. The molecule has 1 aliphatic rings. The number of ether oxygens (including phenoxy) is 3. The predicted octanol–water partition coefficient (Wildman–Crippen LogP) is 0.988. The van der Waals surface area contributed by atoms with Crippen molar-refractivity contribution in [3.05, 3.63) is 37.9 Å². The molecule has 15 heteroatoms. The molecule has 0 radical (unpaired) electrons. The zero-order valence-corrected chi connectivity index (χ0v) is 16.5. The maximum absolute atomic E-state index is 11.2. The summed E-state index contributed by atoms with van der Waals surface area (Å²) in [5, 5.41) is 26.3. The fraction of sp³-hybridized carbons (Fsp3) is 0.375. The number of anilines is 2. The van der Waals surface area contributed by atoms with Gasteiger partial charge in [-0.25, -0.2) is 5.43 Å². The number of nitrogens with one attached hydrogen (secondary N) is 1. The third-order valence-electron chi connectivity index (χ3n) is 4.14. The topological polar surface area (TPSA) is 180 Å². The van der Waals surface area contributed by atoms with E-state index in [4.69, 9.17) is 14.2 Å². The summed E-state index contributed by atoms with van der Waals surface area (Å²) in [4.78, 5) is 35.2. The van der Waals surface area contributed by atoms with E-state index in [-0.39, 0.29) is 23.3 Å². The molecule has 3 rings (SSSR count). The molecular weight excluding hydrogens is 416 g/mol. The number of rotatable bonds is 8. The maximum Gasteiger partial charge on any atom is 0.322 e. The first-order valence-electron chi connectivity index (χ1n) is 8.85. The normalized spacial score (nSPS) is 13.8. The highest BCUT2D eigenvalue weighted by Crippen LogP contribution is 2.34. The van der Waals surface area contributed by atoms with E-state index in [0.29, 0.717) is 32.3 Å². The van der Waals surface area contributed by atoms with E-state index in [9.17, 15) is 20.2 Å². The van der Waals surface area contributed by atoms with Crippen LogP contribution in [0.4, 0.5) is 23.3 Å². The molecule has 0 bridgehead atoms. The lowest BCUT2D eigenvalue weighted by Gasteiger charge is -2.26. The van der Waals surface area contributed by atoms with Gasteiger partial charge in [0.15, 0.2) is 0 Å². The first kappa shape index (κ1) is 21.6. The molecule has 1 aromatic heterocycles. The number of nitrogens with zero attached hydrogens (tertiary/aromatic N) is 7. The second-order valence-electron chi connectivity index (χ2n) is 6.02. The first-order chi connectivity index (χ1) is 14.9. The zero-order valence-electron chi connectivity index (χ0n) is 16.5. The van der Waals surface area contributed by atoms with Crippen molar-refractivity contribution >= 4 is 29.5 Å². The maximum atomic E-state index is 11.2. The summed E-state index contributed by atoms with van der Waals surface area (Å²) >= 11 is 0. The highest BCUT2D eigenvalue weighted by atomic mass is 16.6. The van der Waals surface area contributed by atoms with E-state index in [1.807, 2.05) is 4.90 Å². The van der Waals surface area contributed by atoms with Gasteiger partial charge in [-0.15, -0.1) is 0 Å². The Morgan fingerprint density at radius 3 is 2.48 bits per heavy atom. The molecule has 1 fully saturated rings. The first-order valence-corrected chi connectivity index (χ1v) is 8.85. The van der Waals surface area contributed by atoms with E-state index in [1.54, 1.807) is 0 Å². The number of benzene rings is 1. The van der Waals surface area contributed by atoms with Gasteiger partial charge in [0, 0.05) is 19.2 Å². The minimum atomic E-state index is -0.776. The van der Waals surface area contributed by atoms with Gasteiger partial charge < -0.3 is 19.1 Å². The minimum Gasteiger partial charge on any atom is -0.490 e. The van der Waals surface area contributed by atoms with Crippen LogP contribution in [0.5, 0.6) is 11.8 Å². The van der Waals surface area contributed by atoms with Gasteiger partial charge >= 0.3 is 11.7 Å². The van der Waals surface area contributed by atoms with E-state index in [1.165, 1.54) is 14.2 Å². The number of hydrogen-bond acceptors (Lipinski definition) is 13. The molecule has 0 atom stereocenters. The fourth-order valence-electron chi connectivity index (χ4n) is 2.73. The van der Waals surface area contributed by atoms with Crippen molar-refractivity contribution in [3.63, 3.8) is 0 Å². The molecule has 0 saturated carbocycles. The Kier molecular flexibility index (Phi) is 6.66. The van der Waals surface area contributed by atoms with Crippen LogP contribution in [0.2, 0.25) is 0 Å². The summed E-state index contributed by atoms with van der Waals surface area (Å²) in [6.45, 7) is 2.23. The van der Waals surface area contributed by atoms with Crippen LogP contribution >= 0.6 is 0 Å². The van der Waals surface area contributed by atoms with Crippen LogP contribution in [-0.4, -0.2) is 71.5 Å². The Hall–Kier alpha value is -4.14. The lowest BCUT2D eigenvalue weighted by molar-refractivity contribution is -0.394. The van der Waals surface area contributed by atoms with Crippen molar-refractivity contribution in [2.24, 2.45) is 5.10 Å². The average Bonchev–Trinajstić information content (AvgIpc) is 2.78. The molecular formula is C16H18N8O7. The number of aromatic nitrogens is 3. The summed E-state index contributed by atoms with van der Waals surface area (Å²) in [7, 11) is 2.61. The van der Waals surface area contributed by atoms with Gasteiger partial charge in [0.1, 0.15) is 0 Å². The molecule has 0 unspecified atom stereocenters. The largest absolute Gasteiger partial charge is 0.490 e. The summed E-state index contributed by atoms with van der Waals surface area (Å²) in [6.07, 6.45) is 1.13. The Bertz CT molecular complexity index is 1010. The van der Waals surface area contributed by atoms with Crippen LogP contribution in [0.3, 0.4) is 0 Å². The smallest absolute Gasteiger partial charge is 0.322 e. The van der Waals surface area contributed by atoms with Crippen LogP contribution in [0.1, 0.15) is 5.56 Å². The zero-order chi connectivity index (χ0) is 22.4. The molecule has 1 saturated heterocycles. The van der Waals surface area contributed by atoms with Gasteiger partial charge in [0.05, 0.1) is 55.1 Å². The molecule has 15 nitrogen and oxygen atoms in total.